The molecule has 0 bridgehead atoms. The molecule has 0 aliphatic carbocycles. The molecular weight excluding hydrogens is 618 g/mol. The van der Waals surface area contributed by atoms with Crippen LogP contribution in [0.3, 0.4) is 0 Å². The van der Waals surface area contributed by atoms with Crippen molar-refractivity contribution >= 4 is 5.91 Å². The van der Waals surface area contributed by atoms with Gasteiger partial charge < -0.3 is 65.1 Å². The van der Waals surface area contributed by atoms with E-state index in [2.05, 4.69) is 12.2 Å². The molecular formula is C33H63NO13. The number of ether oxygens (including phenoxy) is 4. The summed E-state index contributed by atoms with van der Waals surface area (Å²) >= 11 is 0. The quantitative estimate of drug-likeness (QED) is 0.0628. The van der Waals surface area contributed by atoms with Gasteiger partial charge in [-0.15, -0.1) is 0 Å². The van der Waals surface area contributed by atoms with E-state index in [1.807, 2.05) is 6.92 Å². The Bertz CT molecular complexity index is 821. The minimum atomic E-state index is -1.77. The van der Waals surface area contributed by atoms with Gasteiger partial charge in [0.25, 0.3) is 0 Å². The van der Waals surface area contributed by atoms with Crippen molar-refractivity contribution < 1.29 is 64.6 Å². The third-order valence-corrected chi connectivity index (χ3v) is 9.07. The number of nitrogens with one attached hydrogen (secondary N) is 1. The van der Waals surface area contributed by atoms with Gasteiger partial charge in [-0.3, -0.25) is 4.79 Å². The van der Waals surface area contributed by atoms with Gasteiger partial charge in [-0.1, -0.05) is 90.9 Å². The van der Waals surface area contributed by atoms with Crippen LogP contribution in [-0.2, 0) is 23.7 Å². The molecule has 2 heterocycles. The summed E-state index contributed by atoms with van der Waals surface area (Å²) in [4.78, 5) is 12.7. The predicted molar refractivity (Wildman–Crippen MR) is 171 cm³/mol. The largest absolute Gasteiger partial charge is 0.394 e. The van der Waals surface area contributed by atoms with Gasteiger partial charge in [0.05, 0.1) is 32.0 Å². The number of carbonyl (C=O) groups excluding carboxylic acids is 1. The SMILES string of the molecule is CCCCCCCCCCCCC(O)C(COC1OC(CO)C(OC2OC(CO)C(O)C(O)C2O)C(O)C1O)NC(=O)CCCCC. The Labute approximate surface area is 279 Å². The molecule has 14 heteroatoms. The molecule has 14 nitrogen and oxygen atoms in total. The number of hydrogen-bond acceptors (Lipinski definition) is 13. The van der Waals surface area contributed by atoms with E-state index >= 15 is 0 Å². The van der Waals surface area contributed by atoms with Gasteiger partial charge in [0.1, 0.15) is 48.8 Å². The van der Waals surface area contributed by atoms with Crippen LogP contribution >= 0.6 is 0 Å². The molecule has 12 unspecified atom stereocenters. The lowest BCUT2D eigenvalue weighted by atomic mass is 9.97. The average molecular weight is 682 g/mol. The van der Waals surface area contributed by atoms with Crippen LogP contribution in [-0.4, -0.2) is 140 Å². The molecule has 2 fully saturated rings. The fourth-order valence-corrected chi connectivity index (χ4v) is 6.00. The van der Waals surface area contributed by atoms with Crippen molar-refractivity contribution in [2.75, 3.05) is 19.8 Å². The minimum absolute atomic E-state index is 0.236. The fraction of sp³-hybridized carbons (Fsp3) is 0.970. The highest BCUT2D eigenvalue weighted by Gasteiger charge is 2.50. The van der Waals surface area contributed by atoms with Gasteiger partial charge in [-0.2, -0.15) is 0 Å². The van der Waals surface area contributed by atoms with Gasteiger partial charge in [0.2, 0.25) is 5.91 Å². The Hall–Kier alpha value is -1.01. The Balaban J connectivity index is 1.95. The van der Waals surface area contributed by atoms with Crippen LogP contribution in [0.25, 0.3) is 0 Å². The lowest BCUT2D eigenvalue weighted by molar-refractivity contribution is -0.359. The van der Waals surface area contributed by atoms with Gasteiger partial charge in [0.15, 0.2) is 12.6 Å². The molecule has 0 aromatic carbocycles. The summed E-state index contributed by atoms with van der Waals surface area (Å²) in [5.74, 6) is -0.236. The number of unbranched alkanes of at least 4 members (excludes halogenated alkanes) is 11. The molecule has 0 aromatic rings. The van der Waals surface area contributed by atoms with Gasteiger partial charge in [-0.05, 0) is 12.8 Å². The minimum Gasteiger partial charge on any atom is -0.394 e. The lowest BCUT2D eigenvalue weighted by Crippen LogP contribution is -2.65. The van der Waals surface area contributed by atoms with Gasteiger partial charge in [-0.25, -0.2) is 0 Å². The third-order valence-electron chi connectivity index (χ3n) is 9.07. The summed E-state index contributed by atoms with van der Waals surface area (Å²) in [6, 6.07) is -0.814. The van der Waals surface area contributed by atoms with Crippen LogP contribution in [0.1, 0.15) is 110 Å². The molecule has 2 aliphatic heterocycles. The summed E-state index contributed by atoms with van der Waals surface area (Å²) < 4.78 is 22.4. The van der Waals surface area contributed by atoms with Crippen LogP contribution < -0.4 is 5.32 Å². The standard InChI is InChI=1S/C33H63NO13/c1-3-5-7-8-9-10-11-12-13-15-16-22(37)21(34-25(38)17-14-6-4-2)20-44-32-30(43)28(41)31(24(19-36)46-32)47-33-29(42)27(40)26(39)23(18-35)45-33/h21-24,26-33,35-37,39-43H,3-20H2,1-2H3,(H,34,38). The molecule has 2 aliphatic rings. The van der Waals surface area contributed by atoms with Crippen molar-refractivity contribution in [2.45, 2.75) is 184 Å². The summed E-state index contributed by atoms with van der Waals surface area (Å²) in [7, 11) is 0. The zero-order valence-corrected chi connectivity index (χ0v) is 28.3. The van der Waals surface area contributed by atoms with Crippen LogP contribution in [0.15, 0.2) is 0 Å². The zero-order chi connectivity index (χ0) is 34.8. The maximum absolute atomic E-state index is 12.7. The van der Waals surface area contributed by atoms with Crippen molar-refractivity contribution in [3.8, 4) is 0 Å². The molecule has 0 saturated carbocycles. The van der Waals surface area contributed by atoms with E-state index in [9.17, 15) is 45.6 Å². The summed E-state index contributed by atoms with van der Waals surface area (Å²) in [5.41, 5.74) is 0. The van der Waals surface area contributed by atoms with E-state index in [1.54, 1.807) is 0 Å². The van der Waals surface area contributed by atoms with E-state index in [-0.39, 0.29) is 12.5 Å². The Kier molecular flexibility index (Phi) is 21.0. The maximum Gasteiger partial charge on any atom is 0.220 e. The van der Waals surface area contributed by atoms with Gasteiger partial charge >= 0.3 is 0 Å². The molecule has 0 aromatic heterocycles. The molecule has 0 spiro atoms. The number of aliphatic hydroxyl groups excluding tert-OH is 8. The monoisotopic (exact) mass is 681 g/mol. The molecule has 2 rings (SSSR count). The van der Waals surface area contributed by atoms with Crippen LogP contribution in [0.5, 0.6) is 0 Å². The second kappa shape index (κ2) is 23.4. The predicted octanol–water partition coefficient (Wildman–Crippen LogP) is 0.364. The fourth-order valence-electron chi connectivity index (χ4n) is 6.00. The highest BCUT2D eigenvalue weighted by molar-refractivity contribution is 5.76. The van der Waals surface area contributed by atoms with E-state index in [1.165, 1.54) is 38.5 Å². The molecule has 1 amide bonds. The Morgan fingerprint density at radius 1 is 0.681 bits per heavy atom. The smallest absolute Gasteiger partial charge is 0.220 e. The zero-order valence-electron chi connectivity index (χ0n) is 28.3. The Morgan fingerprint density at radius 2 is 1.21 bits per heavy atom. The molecule has 278 valence electrons. The maximum atomic E-state index is 12.7. The summed E-state index contributed by atoms with van der Waals surface area (Å²) in [6.45, 7) is 2.59. The summed E-state index contributed by atoms with van der Waals surface area (Å²) in [5, 5.41) is 85.5. The van der Waals surface area contributed by atoms with Crippen LogP contribution in [0, 0.1) is 0 Å². The molecule has 12 atom stereocenters. The highest BCUT2D eigenvalue weighted by Crippen LogP contribution is 2.30. The van der Waals surface area contributed by atoms with Crippen molar-refractivity contribution in [3.05, 3.63) is 0 Å². The first-order chi connectivity index (χ1) is 22.6. The van der Waals surface area contributed by atoms with Crippen LogP contribution in [0.4, 0.5) is 0 Å². The third kappa shape index (κ3) is 14.0. The van der Waals surface area contributed by atoms with Crippen LogP contribution in [0.2, 0.25) is 0 Å². The van der Waals surface area contributed by atoms with E-state index in [0.29, 0.717) is 19.3 Å². The number of rotatable bonds is 24. The van der Waals surface area contributed by atoms with Gasteiger partial charge in [0, 0.05) is 6.42 Å². The molecule has 2 saturated heterocycles. The lowest BCUT2D eigenvalue weighted by Gasteiger charge is -2.46. The van der Waals surface area contributed by atoms with E-state index in [0.717, 1.165) is 38.5 Å². The topological polar surface area (TPSA) is 228 Å². The van der Waals surface area contributed by atoms with Crippen molar-refractivity contribution in [3.63, 3.8) is 0 Å². The Morgan fingerprint density at radius 3 is 1.81 bits per heavy atom. The number of hydrogen-bond donors (Lipinski definition) is 9. The second-order valence-corrected chi connectivity index (χ2v) is 13.0. The molecule has 47 heavy (non-hydrogen) atoms. The van der Waals surface area contributed by atoms with E-state index < -0.39 is 86.8 Å². The number of aliphatic hydroxyl groups is 8. The number of amides is 1. The second-order valence-electron chi connectivity index (χ2n) is 13.0. The van der Waals surface area contributed by atoms with Crippen molar-refractivity contribution in [1.29, 1.82) is 0 Å². The first-order valence-electron chi connectivity index (χ1n) is 17.8. The summed E-state index contributed by atoms with van der Waals surface area (Å²) in [6.07, 6.45) is -1.90. The van der Waals surface area contributed by atoms with Crippen molar-refractivity contribution in [2.24, 2.45) is 0 Å². The first kappa shape index (κ1) is 42.2. The molecule has 9 N–H and O–H groups in total. The first-order valence-corrected chi connectivity index (χ1v) is 17.8. The molecule has 0 radical (unpaired) electrons. The average Bonchev–Trinajstić information content (AvgIpc) is 3.06. The van der Waals surface area contributed by atoms with Crippen molar-refractivity contribution in [1.82, 2.24) is 5.32 Å². The number of carbonyl (C=O) groups is 1. The van der Waals surface area contributed by atoms with E-state index in [4.69, 9.17) is 18.9 Å². The highest BCUT2D eigenvalue weighted by atomic mass is 16.7. The normalized spacial score (nSPS) is 32.6.